The van der Waals surface area contributed by atoms with Crippen LogP contribution in [0, 0.1) is 0 Å². The van der Waals surface area contributed by atoms with Gasteiger partial charge in [-0.3, -0.25) is 19.3 Å². The molecule has 1 saturated heterocycles. The average molecular weight is 797 g/mol. The molecule has 0 bridgehead atoms. The number of hydrogen-bond acceptors (Lipinski definition) is 14. The van der Waals surface area contributed by atoms with Gasteiger partial charge in [-0.05, 0) is 32.7 Å². The van der Waals surface area contributed by atoms with E-state index in [2.05, 4.69) is 36.7 Å². The van der Waals surface area contributed by atoms with Crippen molar-refractivity contribution in [2.45, 2.75) is 29.0 Å². The van der Waals surface area contributed by atoms with Crippen molar-refractivity contribution < 1.29 is 29.1 Å². The molecular formula is C36H32N10O6S3. The molecule has 0 unspecified atom stereocenters. The van der Waals surface area contributed by atoms with E-state index in [1.54, 1.807) is 5.38 Å². The second-order valence-electron chi connectivity index (χ2n) is 12.1. The van der Waals surface area contributed by atoms with Crippen LogP contribution in [0.3, 0.4) is 0 Å². The molecule has 0 aliphatic carbocycles. The van der Waals surface area contributed by atoms with Gasteiger partial charge >= 0.3 is 5.97 Å². The van der Waals surface area contributed by atoms with Crippen LogP contribution in [-0.2, 0) is 29.6 Å². The number of amides is 3. The Morgan fingerprint density at radius 2 is 1.62 bits per heavy atom. The lowest BCUT2D eigenvalue weighted by Crippen LogP contribution is -2.71. The number of carboxylic acid groups (broad SMARTS) is 1. The summed E-state index contributed by atoms with van der Waals surface area (Å²) in [6, 6.07) is 28.9. The van der Waals surface area contributed by atoms with Crippen LogP contribution in [0.2, 0.25) is 0 Å². The summed E-state index contributed by atoms with van der Waals surface area (Å²) in [4.78, 5) is 63.3. The molecule has 280 valence electrons. The molecule has 2 aliphatic heterocycles. The molecule has 0 spiro atoms. The number of aromatic nitrogens is 5. The van der Waals surface area contributed by atoms with Gasteiger partial charge in [0.2, 0.25) is 11.1 Å². The normalized spacial score (nSPS) is 16.9. The Kier molecular flexibility index (Phi) is 10.9. The first-order valence-electron chi connectivity index (χ1n) is 16.6. The summed E-state index contributed by atoms with van der Waals surface area (Å²) in [6.07, 6.45) is 0. The number of carboxylic acids is 1. The first-order valence-corrected chi connectivity index (χ1v) is 19.5. The van der Waals surface area contributed by atoms with Gasteiger partial charge in [0.15, 0.2) is 10.8 Å². The van der Waals surface area contributed by atoms with Gasteiger partial charge in [-0.25, -0.2) is 15.2 Å². The number of aliphatic carboxylic acids is 1. The lowest BCUT2D eigenvalue weighted by molar-refractivity contribution is -0.150. The number of anilines is 1. The molecule has 7 rings (SSSR count). The third-order valence-electron chi connectivity index (χ3n) is 8.68. The summed E-state index contributed by atoms with van der Waals surface area (Å²) in [6.45, 7) is 1.30. The number of thioether (sulfide) groups is 2. The van der Waals surface area contributed by atoms with Gasteiger partial charge in [-0.2, -0.15) is 0 Å². The van der Waals surface area contributed by atoms with Gasteiger partial charge in [0, 0.05) is 23.8 Å². The number of carbonyl (C=O) groups is 4. The van der Waals surface area contributed by atoms with Crippen molar-refractivity contribution in [1.82, 2.24) is 35.5 Å². The molecule has 2 aromatic heterocycles. The van der Waals surface area contributed by atoms with E-state index in [-0.39, 0.29) is 33.8 Å². The molecule has 4 heterocycles. The van der Waals surface area contributed by atoms with Crippen molar-refractivity contribution in [3.63, 3.8) is 0 Å². The zero-order chi connectivity index (χ0) is 38.5. The van der Waals surface area contributed by atoms with E-state index in [0.717, 1.165) is 33.2 Å². The predicted molar refractivity (Wildman–Crippen MR) is 207 cm³/mol. The maximum absolute atomic E-state index is 13.8. The number of tetrazole rings is 1. The SMILES string of the molecule is CO/N=C(\C(=O)N[C@@H]1C(=O)N2C(C(=O)O)=C(CSc3nnnn3NC(C)=O)CS[C@@H]12)c1csc(NC(c2ccccc2)(c2ccccc2)c2ccccc2)n1. The number of carbonyl (C=O) groups excluding carboxylic acids is 3. The van der Waals surface area contributed by atoms with Crippen molar-refractivity contribution in [3.8, 4) is 0 Å². The molecule has 3 aromatic carbocycles. The highest BCUT2D eigenvalue weighted by Crippen LogP contribution is 2.42. The Labute approximate surface area is 326 Å². The molecule has 2 aliphatic rings. The van der Waals surface area contributed by atoms with Crippen LogP contribution in [0.4, 0.5) is 5.13 Å². The number of β-lactam (4-membered cyclic amide) rings is 1. The summed E-state index contributed by atoms with van der Waals surface area (Å²) in [7, 11) is 1.30. The predicted octanol–water partition coefficient (Wildman–Crippen LogP) is 3.51. The highest BCUT2D eigenvalue weighted by Gasteiger charge is 2.54. The maximum Gasteiger partial charge on any atom is 0.352 e. The number of fused-ring (bicyclic) bond motifs is 1. The van der Waals surface area contributed by atoms with Crippen LogP contribution in [-0.4, -0.2) is 94.7 Å². The molecule has 4 N–H and O–H groups in total. The molecular weight excluding hydrogens is 765 g/mol. The molecule has 3 amide bonds. The highest BCUT2D eigenvalue weighted by atomic mass is 32.2. The molecule has 0 saturated carbocycles. The molecule has 2 atom stereocenters. The van der Waals surface area contributed by atoms with Crippen LogP contribution >= 0.6 is 34.9 Å². The summed E-state index contributed by atoms with van der Waals surface area (Å²) < 4.78 is 0. The van der Waals surface area contributed by atoms with Crippen molar-refractivity contribution >= 4 is 69.4 Å². The van der Waals surface area contributed by atoms with E-state index >= 15 is 0 Å². The van der Waals surface area contributed by atoms with E-state index in [1.165, 1.54) is 42.0 Å². The van der Waals surface area contributed by atoms with Gasteiger partial charge in [0.25, 0.3) is 11.8 Å². The second-order valence-corrected chi connectivity index (χ2v) is 15.0. The van der Waals surface area contributed by atoms with Crippen molar-refractivity contribution in [2.75, 3.05) is 29.4 Å². The number of oxime groups is 1. The van der Waals surface area contributed by atoms with Crippen molar-refractivity contribution in [1.29, 1.82) is 0 Å². The lowest BCUT2D eigenvalue weighted by Gasteiger charge is -2.49. The first kappa shape index (κ1) is 37.3. The molecule has 19 heteroatoms. The number of nitrogens with one attached hydrogen (secondary N) is 3. The summed E-state index contributed by atoms with van der Waals surface area (Å²) >= 11 is 3.68. The fourth-order valence-electron chi connectivity index (χ4n) is 6.32. The van der Waals surface area contributed by atoms with Crippen LogP contribution in [0.15, 0.2) is 118 Å². The lowest BCUT2D eigenvalue weighted by atomic mass is 9.77. The zero-order valence-corrected chi connectivity index (χ0v) is 31.6. The number of thiazole rings is 1. The van der Waals surface area contributed by atoms with E-state index in [0.29, 0.717) is 10.7 Å². The summed E-state index contributed by atoms with van der Waals surface area (Å²) in [5.74, 6) is -2.61. The Hall–Kier alpha value is -6.05. The highest BCUT2D eigenvalue weighted by molar-refractivity contribution is 8.01. The van der Waals surface area contributed by atoms with Gasteiger partial charge in [0.05, 0.1) is 0 Å². The van der Waals surface area contributed by atoms with E-state index in [1.807, 2.05) is 91.0 Å². The molecule has 1 fully saturated rings. The van der Waals surface area contributed by atoms with Crippen LogP contribution < -0.4 is 16.1 Å². The zero-order valence-electron chi connectivity index (χ0n) is 29.2. The summed E-state index contributed by atoms with van der Waals surface area (Å²) in [5.41, 5.74) is 4.80. The minimum atomic E-state index is -1.29. The summed E-state index contributed by atoms with van der Waals surface area (Å²) in [5, 5.41) is 33.4. The Morgan fingerprint density at radius 3 is 2.18 bits per heavy atom. The standard InChI is InChI=1S/C36H32N10O6S3/c1-21(47)41-46-35(40-43-44-46)55-19-22-18-53-32-28(31(49)45(32)29(22)33(50)51)38-30(48)27(42-52-2)26-20-54-34(37-26)39-36(23-12-6-3-7-13-23,24-14-8-4-9-15-24)25-16-10-5-11-17-25/h3-17,20,28,32H,18-19H2,1-2H3,(H,37,39)(H,38,48)(H,41,47)(H,50,51)/b42-27-/t28-,32+/m1/s1. The number of rotatable bonds is 14. The monoisotopic (exact) mass is 796 g/mol. The molecule has 5 aromatic rings. The van der Waals surface area contributed by atoms with Crippen LogP contribution in [0.25, 0.3) is 0 Å². The van der Waals surface area contributed by atoms with E-state index in [4.69, 9.17) is 9.82 Å². The van der Waals surface area contributed by atoms with E-state index < -0.39 is 40.6 Å². The van der Waals surface area contributed by atoms with E-state index in [9.17, 15) is 24.3 Å². The topological polar surface area (TPSA) is 206 Å². The fourth-order valence-corrected chi connectivity index (χ4v) is 9.39. The quantitative estimate of drug-likeness (QED) is 0.0418. The first-order chi connectivity index (χ1) is 26.7. The number of nitrogens with zero attached hydrogens (tertiary/aromatic N) is 7. The van der Waals surface area contributed by atoms with Gasteiger partial charge in [0.1, 0.15) is 35.5 Å². The molecule has 16 nitrogen and oxygen atoms in total. The Balaban J connectivity index is 1.11. The Bertz CT molecular complexity index is 2190. The van der Waals surface area contributed by atoms with Crippen LogP contribution in [0.5, 0.6) is 0 Å². The molecule has 55 heavy (non-hydrogen) atoms. The largest absolute Gasteiger partial charge is 0.477 e. The van der Waals surface area contributed by atoms with Gasteiger partial charge in [-0.1, -0.05) is 113 Å². The minimum Gasteiger partial charge on any atom is -0.477 e. The number of benzene rings is 3. The third-order valence-corrected chi connectivity index (χ3v) is 11.8. The van der Waals surface area contributed by atoms with Gasteiger partial charge < -0.3 is 20.6 Å². The Morgan fingerprint density at radius 1 is 1.00 bits per heavy atom. The maximum atomic E-state index is 13.8. The fraction of sp³-hybridized carbons (Fsp3) is 0.194. The average Bonchev–Trinajstić information content (AvgIpc) is 3.86. The second kappa shape index (κ2) is 16.1. The third kappa shape index (κ3) is 7.40. The number of hydrogen-bond donors (Lipinski definition) is 4. The van der Waals surface area contributed by atoms with Gasteiger partial charge in [-0.15, -0.1) is 27.9 Å². The van der Waals surface area contributed by atoms with Crippen LogP contribution in [0.1, 0.15) is 29.3 Å². The van der Waals surface area contributed by atoms with Crippen molar-refractivity contribution in [2.24, 2.45) is 5.16 Å². The molecule has 0 radical (unpaired) electrons. The van der Waals surface area contributed by atoms with Crippen molar-refractivity contribution in [3.05, 3.63) is 130 Å². The minimum absolute atomic E-state index is 0.132. The smallest absolute Gasteiger partial charge is 0.352 e.